The maximum absolute atomic E-state index is 5.99. The standard InChI is InChI=1S/C13H10Cl2N4OS/c1-6-11(12(16)21-19-6)13-17-10(18-20-13)5-7-2-3-8(14)9(15)4-7/h2-4H,5,16H2,1H3. The minimum atomic E-state index is 0.383. The van der Waals surface area contributed by atoms with Crippen LogP contribution in [-0.4, -0.2) is 14.5 Å². The van der Waals surface area contributed by atoms with Crippen LogP contribution in [0.1, 0.15) is 17.1 Å². The molecule has 1 aromatic carbocycles. The number of benzene rings is 1. The van der Waals surface area contributed by atoms with Gasteiger partial charge >= 0.3 is 0 Å². The number of nitrogen functional groups attached to an aromatic ring is 1. The molecule has 0 fully saturated rings. The first-order valence-electron chi connectivity index (χ1n) is 6.03. The van der Waals surface area contributed by atoms with Gasteiger partial charge < -0.3 is 10.3 Å². The third-order valence-electron chi connectivity index (χ3n) is 2.92. The molecule has 21 heavy (non-hydrogen) atoms. The molecular formula is C13H10Cl2N4OS. The number of rotatable bonds is 3. The van der Waals surface area contributed by atoms with Crippen LogP contribution in [0.3, 0.4) is 0 Å². The van der Waals surface area contributed by atoms with Crippen molar-refractivity contribution in [2.45, 2.75) is 13.3 Å². The fraction of sp³-hybridized carbons (Fsp3) is 0.154. The molecule has 2 heterocycles. The van der Waals surface area contributed by atoms with Gasteiger partial charge in [0, 0.05) is 6.42 Å². The van der Waals surface area contributed by atoms with Crippen LogP contribution in [0, 0.1) is 6.92 Å². The number of aryl methyl sites for hydroxylation is 1. The Bertz CT molecular complexity index is 780. The van der Waals surface area contributed by atoms with Crippen molar-refractivity contribution in [1.82, 2.24) is 14.5 Å². The second-order valence-corrected chi connectivity index (χ2v) is 6.07. The minimum absolute atomic E-state index is 0.383. The molecule has 0 aliphatic rings. The average molecular weight is 341 g/mol. The van der Waals surface area contributed by atoms with Gasteiger partial charge in [-0.1, -0.05) is 34.4 Å². The van der Waals surface area contributed by atoms with Crippen molar-refractivity contribution in [1.29, 1.82) is 0 Å². The Morgan fingerprint density at radius 3 is 2.76 bits per heavy atom. The summed E-state index contributed by atoms with van der Waals surface area (Å²) in [7, 11) is 0. The van der Waals surface area contributed by atoms with Crippen molar-refractivity contribution in [2.75, 3.05) is 5.73 Å². The highest BCUT2D eigenvalue weighted by atomic mass is 35.5. The lowest BCUT2D eigenvalue weighted by atomic mass is 10.1. The molecule has 0 aliphatic heterocycles. The lowest BCUT2D eigenvalue weighted by molar-refractivity contribution is 0.424. The molecule has 2 N–H and O–H groups in total. The summed E-state index contributed by atoms with van der Waals surface area (Å²) in [6.07, 6.45) is 0.497. The van der Waals surface area contributed by atoms with Crippen LogP contribution in [0.15, 0.2) is 22.7 Å². The Labute approximate surface area is 134 Å². The summed E-state index contributed by atoms with van der Waals surface area (Å²) >= 11 is 13.1. The normalized spacial score (nSPS) is 11.0. The quantitative estimate of drug-likeness (QED) is 0.780. The summed E-state index contributed by atoms with van der Waals surface area (Å²) in [5.41, 5.74) is 8.30. The number of hydrogen-bond acceptors (Lipinski definition) is 6. The molecule has 2 aromatic heterocycles. The van der Waals surface area contributed by atoms with Crippen LogP contribution >= 0.6 is 34.7 Å². The maximum Gasteiger partial charge on any atom is 0.262 e. The third-order valence-corrected chi connectivity index (χ3v) is 4.42. The second kappa shape index (κ2) is 5.63. The number of nitrogens with two attached hydrogens (primary N) is 1. The van der Waals surface area contributed by atoms with Gasteiger partial charge in [0.15, 0.2) is 5.82 Å². The molecule has 3 rings (SSSR count). The van der Waals surface area contributed by atoms with Crippen molar-refractivity contribution in [2.24, 2.45) is 0 Å². The van der Waals surface area contributed by atoms with E-state index in [1.165, 1.54) is 11.5 Å². The number of halogens is 2. The number of hydrogen-bond donors (Lipinski definition) is 1. The molecule has 0 saturated carbocycles. The fourth-order valence-electron chi connectivity index (χ4n) is 1.91. The van der Waals surface area contributed by atoms with E-state index in [1.807, 2.05) is 13.0 Å². The highest BCUT2D eigenvalue weighted by Gasteiger charge is 2.17. The van der Waals surface area contributed by atoms with Gasteiger partial charge in [-0.2, -0.15) is 9.36 Å². The van der Waals surface area contributed by atoms with Gasteiger partial charge in [-0.15, -0.1) is 0 Å². The zero-order valence-electron chi connectivity index (χ0n) is 10.9. The lowest BCUT2D eigenvalue weighted by Crippen LogP contribution is -1.91. The molecule has 5 nitrogen and oxygen atoms in total. The highest BCUT2D eigenvalue weighted by Crippen LogP contribution is 2.31. The summed E-state index contributed by atoms with van der Waals surface area (Å²) in [4.78, 5) is 4.35. The van der Waals surface area contributed by atoms with E-state index in [1.54, 1.807) is 12.1 Å². The average Bonchev–Trinajstić information content (AvgIpc) is 3.01. The van der Waals surface area contributed by atoms with Gasteiger partial charge in [0.2, 0.25) is 0 Å². The van der Waals surface area contributed by atoms with Crippen LogP contribution in [0.5, 0.6) is 0 Å². The summed E-state index contributed by atoms with van der Waals surface area (Å²) < 4.78 is 9.43. The molecule has 0 spiro atoms. The van der Waals surface area contributed by atoms with E-state index in [9.17, 15) is 0 Å². The fourth-order valence-corrected chi connectivity index (χ4v) is 2.88. The van der Waals surface area contributed by atoms with Gasteiger partial charge in [-0.3, -0.25) is 0 Å². The Hall–Kier alpha value is -1.63. The number of aromatic nitrogens is 3. The van der Waals surface area contributed by atoms with Crippen molar-refractivity contribution in [3.05, 3.63) is 45.3 Å². The Kier molecular flexibility index (Phi) is 3.84. The Morgan fingerprint density at radius 1 is 1.29 bits per heavy atom. The monoisotopic (exact) mass is 340 g/mol. The third kappa shape index (κ3) is 2.88. The Morgan fingerprint density at radius 2 is 2.10 bits per heavy atom. The zero-order valence-corrected chi connectivity index (χ0v) is 13.3. The van der Waals surface area contributed by atoms with E-state index in [-0.39, 0.29) is 0 Å². The molecule has 0 bridgehead atoms. The first-order valence-corrected chi connectivity index (χ1v) is 7.56. The van der Waals surface area contributed by atoms with Gasteiger partial charge in [0.25, 0.3) is 5.89 Å². The molecule has 0 atom stereocenters. The molecule has 0 radical (unpaired) electrons. The summed E-state index contributed by atoms with van der Waals surface area (Å²) in [5.74, 6) is 0.933. The van der Waals surface area contributed by atoms with Crippen molar-refractivity contribution in [3.63, 3.8) is 0 Å². The molecule has 3 aromatic rings. The molecule has 8 heteroatoms. The molecule has 0 aliphatic carbocycles. The van der Waals surface area contributed by atoms with E-state index >= 15 is 0 Å². The second-order valence-electron chi connectivity index (χ2n) is 4.45. The van der Waals surface area contributed by atoms with Gasteiger partial charge in [0.1, 0.15) is 5.00 Å². The topological polar surface area (TPSA) is 77.8 Å². The highest BCUT2D eigenvalue weighted by molar-refractivity contribution is 7.10. The molecule has 108 valence electrons. The summed E-state index contributed by atoms with van der Waals surface area (Å²) in [5, 5.41) is 5.54. The van der Waals surface area contributed by atoms with E-state index < -0.39 is 0 Å². The summed E-state index contributed by atoms with van der Waals surface area (Å²) in [6.45, 7) is 1.85. The van der Waals surface area contributed by atoms with Gasteiger partial charge in [-0.05, 0) is 36.2 Å². The van der Waals surface area contributed by atoms with Gasteiger partial charge in [-0.25, -0.2) is 0 Å². The number of nitrogens with zero attached hydrogens (tertiary/aromatic N) is 3. The molecule has 0 amide bonds. The zero-order chi connectivity index (χ0) is 15.0. The van der Waals surface area contributed by atoms with Crippen LogP contribution in [0.2, 0.25) is 10.0 Å². The predicted molar refractivity (Wildman–Crippen MR) is 83.8 cm³/mol. The summed E-state index contributed by atoms with van der Waals surface area (Å²) in [6, 6.07) is 5.40. The van der Waals surface area contributed by atoms with Crippen LogP contribution < -0.4 is 5.73 Å². The number of anilines is 1. The van der Waals surface area contributed by atoms with Crippen molar-refractivity contribution < 1.29 is 4.52 Å². The Balaban J connectivity index is 1.87. The van der Waals surface area contributed by atoms with E-state index in [2.05, 4.69) is 14.5 Å². The maximum atomic E-state index is 5.99. The van der Waals surface area contributed by atoms with Crippen LogP contribution in [-0.2, 0) is 6.42 Å². The molecule has 0 unspecified atom stereocenters. The first-order chi connectivity index (χ1) is 10.0. The SMILES string of the molecule is Cc1nsc(N)c1-c1nc(Cc2ccc(Cl)c(Cl)c2)no1. The first kappa shape index (κ1) is 14.3. The predicted octanol–water partition coefficient (Wildman–Crippen LogP) is 3.98. The smallest absolute Gasteiger partial charge is 0.262 e. The molecular weight excluding hydrogens is 331 g/mol. The van der Waals surface area contributed by atoms with E-state index in [4.69, 9.17) is 33.5 Å². The van der Waals surface area contributed by atoms with Crippen molar-refractivity contribution in [3.8, 4) is 11.5 Å². The van der Waals surface area contributed by atoms with Gasteiger partial charge in [0.05, 0.1) is 21.3 Å². The van der Waals surface area contributed by atoms with E-state index in [0.717, 1.165) is 11.3 Å². The largest absolute Gasteiger partial charge is 0.389 e. The van der Waals surface area contributed by atoms with E-state index in [0.29, 0.717) is 38.7 Å². The van der Waals surface area contributed by atoms with Crippen molar-refractivity contribution >= 4 is 39.7 Å². The van der Waals surface area contributed by atoms with Crippen LogP contribution in [0.4, 0.5) is 5.00 Å². The molecule has 0 saturated heterocycles. The minimum Gasteiger partial charge on any atom is -0.389 e. The van der Waals surface area contributed by atoms with Crippen LogP contribution in [0.25, 0.3) is 11.5 Å². The lowest BCUT2D eigenvalue weighted by Gasteiger charge is -1.99.